The van der Waals surface area contributed by atoms with E-state index in [2.05, 4.69) is 0 Å². The van der Waals surface area contributed by atoms with Gasteiger partial charge in [-0.1, -0.05) is 41.4 Å². The molecule has 2 N–H and O–H groups in total. The SMILES string of the molecule is COc1cc(C(=O)O[C@@H](C)c2ccccc2Cl)cc(Cl)c1OCC(N)=O. The molecule has 2 aromatic rings. The van der Waals surface area contributed by atoms with E-state index in [-0.39, 0.29) is 28.7 Å². The minimum atomic E-state index is -0.667. The van der Waals surface area contributed by atoms with Crippen LogP contribution in [0.2, 0.25) is 10.0 Å². The molecule has 0 saturated carbocycles. The van der Waals surface area contributed by atoms with Crippen molar-refractivity contribution in [2.75, 3.05) is 13.7 Å². The second-order valence-corrected chi connectivity index (χ2v) is 6.13. The minimum Gasteiger partial charge on any atom is -0.493 e. The Balaban J connectivity index is 2.22. The standard InChI is InChI=1S/C18H17Cl2NO5/c1-10(12-5-3-4-6-13(12)19)26-18(23)11-7-14(20)17(15(8-11)24-2)25-9-16(21)22/h3-8,10H,9H2,1-2H3,(H2,21,22)/t10-/m0/s1. The number of carbonyl (C=O) groups excluding carboxylic acids is 2. The average molecular weight is 398 g/mol. The molecule has 0 aromatic heterocycles. The van der Waals surface area contributed by atoms with Crippen molar-refractivity contribution in [2.45, 2.75) is 13.0 Å². The van der Waals surface area contributed by atoms with Crippen molar-refractivity contribution in [3.63, 3.8) is 0 Å². The lowest BCUT2D eigenvalue weighted by Crippen LogP contribution is -2.20. The molecule has 0 unspecified atom stereocenters. The van der Waals surface area contributed by atoms with Crippen LogP contribution in [0.4, 0.5) is 0 Å². The number of ether oxygens (including phenoxy) is 3. The first-order chi connectivity index (χ1) is 12.3. The van der Waals surface area contributed by atoms with Crippen molar-refractivity contribution < 1.29 is 23.8 Å². The van der Waals surface area contributed by atoms with Gasteiger partial charge in [-0.3, -0.25) is 4.79 Å². The van der Waals surface area contributed by atoms with Gasteiger partial charge in [0.1, 0.15) is 6.10 Å². The monoisotopic (exact) mass is 397 g/mol. The van der Waals surface area contributed by atoms with E-state index in [0.29, 0.717) is 10.6 Å². The highest BCUT2D eigenvalue weighted by molar-refractivity contribution is 6.32. The average Bonchev–Trinajstić information content (AvgIpc) is 2.60. The summed E-state index contributed by atoms with van der Waals surface area (Å²) in [6.45, 7) is 1.34. The fourth-order valence-electron chi connectivity index (χ4n) is 2.22. The van der Waals surface area contributed by atoms with Crippen LogP contribution >= 0.6 is 23.2 Å². The highest BCUT2D eigenvalue weighted by atomic mass is 35.5. The van der Waals surface area contributed by atoms with Crippen molar-refractivity contribution in [1.29, 1.82) is 0 Å². The summed E-state index contributed by atoms with van der Waals surface area (Å²) in [7, 11) is 1.38. The molecule has 0 saturated heterocycles. The summed E-state index contributed by atoms with van der Waals surface area (Å²) in [5.74, 6) is -0.987. The molecule has 0 radical (unpaired) electrons. The Bertz CT molecular complexity index is 825. The van der Waals surface area contributed by atoms with E-state index in [4.69, 9.17) is 43.1 Å². The van der Waals surface area contributed by atoms with Crippen molar-refractivity contribution in [3.05, 3.63) is 57.6 Å². The summed E-state index contributed by atoms with van der Waals surface area (Å²) in [5.41, 5.74) is 5.90. The number of carbonyl (C=O) groups is 2. The molecule has 2 aromatic carbocycles. The number of primary amides is 1. The molecule has 138 valence electrons. The summed E-state index contributed by atoms with van der Waals surface area (Å²) in [4.78, 5) is 23.3. The summed E-state index contributed by atoms with van der Waals surface area (Å²) < 4.78 is 15.8. The molecule has 1 amide bonds. The number of methoxy groups -OCH3 is 1. The molecule has 0 aliphatic carbocycles. The molecule has 0 aliphatic heterocycles. The number of esters is 1. The Morgan fingerprint density at radius 2 is 1.85 bits per heavy atom. The van der Waals surface area contributed by atoms with Crippen LogP contribution in [0, 0.1) is 0 Å². The zero-order valence-electron chi connectivity index (χ0n) is 14.1. The fraction of sp³-hybridized carbons (Fsp3) is 0.222. The normalized spacial score (nSPS) is 11.5. The third-order valence-corrected chi connectivity index (χ3v) is 4.08. The Kier molecular flexibility index (Phi) is 6.71. The topological polar surface area (TPSA) is 87.8 Å². The summed E-state index contributed by atoms with van der Waals surface area (Å²) >= 11 is 12.2. The largest absolute Gasteiger partial charge is 0.493 e. The van der Waals surface area contributed by atoms with E-state index < -0.39 is 18.0 Å². The molecular formula is C18H17Cl2NO5. The molecule has 1 atom stereocenters. The van der Waals surface area contributed by atoms with Gasteiger partial charge in [-0.2, -0.15) is 0 Å². The number of benzene rings is 2. The molecule has 6 nitrogen and oxygen atoms in total. The Hall–Kier alpha value is -2.44. The van der Waals surface area contributed by atoms with E-state index >= 15 is 0 Å². The summed E-state index contributed by atoms with van der Waals surface area (Å²) in [6.07, 6.45) is -0.563. The van der Waals surface area contributed by atoms with Gasteiger partial charge in [0.25, 0.3) is 5.91 Å². The second-order valence-electron chi connectivity index (χ2n) is 5.31. The van der Waals surface area contributed by atoms with Crippen LogP contribution < -0.4 is 15.2 Å². The number of halogens is 2. The van der Waals surface area contributed by atoms with Crippen molar-refractivity contribution >= 4 is 35.1 Å². The maximum atomic E-state index is 12.4. The molecule has 2 rings (SSSR count). The smallest absolute Gasteiger partial charge is 0.338 e. The van der Waals surface area contributed by atoms with Crippen LogP contribution in [-0.4, -0.2) is 25.6 Å². The van der Waals surface area contributed by atoms with Crippen LogP contribution in [0.5, 0.6) is 11.5 Å². The first kappa shape index (κ1) is 19.9. The molecule has 0 spiro atoms. The minimum absolute atomic E-state index is 0.0861. The summed E-state index contributed by atoms with van der Waals surface area (Å²) in [5, 5.41) is 0.585. The van der Waals surface area contributed by atoms with Crippen LogP contribution in [0.1, 0.15) is 28.9 Å². The Labute approximate surface area is 160 Å². The van der Waals surface area contributed by atoms with Crippen LogP contribution in [0.25, 0.3) is 0 Å². The zero-order valence-corrected chi connectivity index (χ0v) is 15.6. The third-order valence-electron chi connectivity index (χ3n) is 3.45. The van der Waals surface area contributed by atoms with E-state index in [1.54, 1.807) is 31.2 Å². The maximum Gasteiger partial charge on any atom is 0.338 e. The highest BCUT2D eigenvalue weighted by Crippen LogP contribution is 2.37. The Morgan fingerprint density at radius 3 is 2.46 bits per heavy atom. The van der Waals surface area contributed by atoms with Gasteiger partial charge >= 0.3 is 5.97 Å². The molecule has 0 aliphatic rings. The van der Waals surface area contributed by atoms with Gasteiger partial charge in [0.2, 0.25) is 0 Å². The van der Waals surface area contributed by atoms with Crippen molar-refractivity contribution in [2.24, 2.45) is 5.73 Å². The number of hydrogen-bond acceptors (Lipinski definition) is 5. The highest BCUT2D eigenvalue weighted by Gasteiger charge is 2.20. The van der Waals surface area contributed by atoms with E-state index in [0.717, 1.165) is 0 Å². The summed E-state index contributed by atoms with van der Waals surface area (Å²) in [6, 6.07) is 9.85. The van der Waals surface area contributed by atoms with Gasteiger partial charge in [-0.15, -0.1) is 0 Å². The van der Waals surface area contributed by atoms with Crippen molar-refractivity contribution in [1.82, 2.24) is 0 Å². The van der Waals surface area contributed by atoms with Gasteiger partial charge in [-0.05, 0) is 25.1 Å². The predicted octanol–water partition coefficient (Wildman–Crippen LogP) is 3.78. The Morgan fingerprint density at radius 1 is 1.15 bits per heavy atom. The number of nitrogens with two attached hydrogens (primary N) is 1. The predicted molar refractivity (Wildman–Crippen MR) is 98.0 cm³/mol. The third kappa shape index (κ3) is 4.80. The van der Waals surface area contributed by atoms with Gasteiger partial charge in [0.05, 0.1) is 17.7 Å². The number of amides is 1. The lowest BCUT2D eigenvalue weighted by molar-refractivity contribution is -0.119. The first-order valence-corrected chi connectivity index (χ1v) is 8.33. The molecule has 26 heavy (non-hydrogen) atoms. The van der Waals surface area contributed by atoms with Crippen LogP contribution in [0.15, 0.2) is 36.4 Å². The molecular weight excluding hydrogens is 381 g/mol. The molecule has 0 bridgehead atoms. The van der Waals surface area contributed by atoms with E-state index in [1.807, 2.05) is 0 Å². The fourth-order valence-corrected chi connectivity index (χ4v) is 2.77. The quantitative estimate of drug-likeness (QED) is 0.718. The van der Waals surface area contributed by atoms with Gasteiger partial charge in [-0.25, -0.2) is 4.79 Å². The van der Waals surface area contributed by atoms with Gasteiger partial charge in [0, 0.05) is 10.6 Å². The zero-order chi connectivity index (χ0) is 19.3. The lowest BCUT2D eigenvalue weighted by Gasteiger charge is -2.16. The van der Waals surface area contributed by atoms with Crippen molar-refractivity contribution in [3.8, 4) is 11.5 Å². The molecule has 0 fully saturated rings. The lowest BCUT2D eigenvalue weighted by atomic mass is 10.1. The van der Waals surface area contributed by atoms with E-state index in [9.17, 15) is 9.59 Å². The van der Waals surface area contributed by atoms with E-state index in [1.165, 1.54) is 19.2 Å². The number of hydrogen-bond donors (Lipinski definition) is 1. The maximum absolute atomic E-state index is 12.4. The van der Waals surface area contributed by atoms with Gasteiger partial charge < -0.3 is 19.9 Å². The number of rotatable bonds is 7. The van der Waals surface area contributed by atoms with Crippen LogP contribution in [0.3, 0.4) is 0 Å². The second kappa shape index (κ2) is 8.78. The van der Waals surface area contributed by atoms with Crippen LogP contribution in [-0.2, 0) is 9.53 Å². The molecule has 8 heteroatoms. The first-order valence-electron chi connectivity index (χ1n) is 7.57. The molecule has 0 heterocycles. The van der Waals surface area contributed by atoms with Gasteiger partial charge in [0.15, 0.2) is 18.1 Å².